The number of carbonyl (C=O) groups is 4. The summed E-state index contributed by atoms with van der Waals surface area (Å²) in [5, 5.41) is 17.9. The Kier molecular flexibility index (Phi) is 7.60. The molecule has 0 radical (unpaired) electrons. The van der Waals surface area contributed by atoms with Gasteiger partial charge in [-0.2, -0.15) is 0 Å². The van der Waals surface area contributed by atoms with Crippen LogP contribution in [-0.2, 0) is 19.2 Å². The highest BCUT2D eigenvalue weighted by Gasteiger charge is 2.25. The Morgan fingerprint density at radius 3 is 1.36 bits per heavy atom. The highest BCUT2D eigenvalue weighted by atomic mass is 16.4. The van der Waals surface area contributed by atoms with Gasteiger partial charge >= 0.3 is 11.9 Å². The number of carboxylic acids is 2. The molecule has 0 amide bonds. The number of aldehydes is 2. The molecule has 0 spiro atoms. The summed E-state index contributed by atoms with van der Waals surface area (Å²) < 4.78 is 0. The van der Waals surface area contributed by atoms with Crippen LogP contribution < -0.4 is 0 Å². The lowest BCUT2D eigenvalue weighted by atomic mass is 10.4. The molecule has 0 aromatic rings. The van der Waals surface area contributed by atoms with Gasteiger partial charge in [-0.25, -0.2) is 0 Å². The van der Waals surface area contributed by atoms with Crippen LogP contribution in [0.15, 0.2) is 0 Å². The average molecular weight is 316 g/mol. The second-order valence-electron chi connectivity index (χ2n) is 5.05. The number of rotatable bonds is 8. The Bertz CT molecular complexity index is 382. The van der Waals surface area contributed by atoms with Crippen LogP contribution in [0.4, 0.5) is 0 Å². The van der Waals surface area contributed by atoms with E-state index in [2.05, 4.69) is 0 Å². The quantitative estimate of drug-likeness (QED) is 0.469. The summed E-state index contributed by atoms with van der Waals surface area (Å²) in [5.41, 5.74) is 0. The lowest BCUT2D eigenvalue weighted by Crippen LogP contribution is -2.56. The molecule has 1 aliphatic rings. The largest absolute Gasteiger partial charge is 0.480 e. The first-order chi connectivity index (χ1) is 10.4. The molecule has 0 bridgehead atoms. The highest BCUT2D eigenvalue weighted by Crippen LogP contribution is 2.06. The maximum absolute atomic E-state index is 10.9. The van der Waals surface area contributed by atoms with Gasteiger partial charge in [0.15, 0.2) is 0 Å². The number of aliphatic carboxylic acids is 2. The van der Waals surface area contributed by atoms with Gasteiger partial charge in [0.05, 0.1) is 52.9 Å². The van der Waals surface area contributed by atoms with Gasteiger partial charge in [0, 0.05) is 0 Å². The average Bonchev–Trinajstić information content (AvgIpc) is 2.35. The van der Waals surface area contributed by atoms with Crippen LogP contribution in [0.5, 0.6) is 0 Å². The van der Waals surface area contributed by atoms with Crippen molar-refractivity contribution in [3.05, 3.63) is 0 Å². The summed E-state index contributed by atoms with van der Waals surface area (Å²) in [6.45, 7) is 0.438. The molecule has 1 saturated heterocycles. The monoisotopic (exact) mass is 316 g/mol. The molecule has 1 heterocycles. The lowest BCUT2D eigenvalue weighted by Gasteiger charge is -2.40. The Labute approximate surface area is 127 Å². The maximum Gasteiger partial charge on any atom is 0.317 e. The molecule has 10 nitrogen and oxygen atoms in total. The SMILES string of the molecule is O=CCN1CN(CC=O)CN(CC(=O)O)CN(CC(=O)O)C1. The van der Waals surface area contributed by atoms with E-state index in [0.717, 1.165) is 0 Å². The van der Waals surface area contributed by atoms with Crippen molar-refractivity contribution >= 4 is 24.5 Å². The summed E-state index contributed by atoms with van der Waals surface area (Å²) in [7, 11) is 0. The molecule has 0 unspecified atom stereocenters. The van der Waals surface area contributed by atoms with Crippen molar-refractivity contribution in [3.63, 3.8) is 0 Å². The maximum atomic E-state index is 10.9. The number of carbonyl (C=O) groups excluding carboxylic acids is 2. The van der Waals surface area contributed by atoms with Crippen LogP contribution in [0, 0.1) is 0 Å². The van der Waals surface area contributed by atoms with E-state index in [9.17, 15) is 19.2 Å². The summed E-state index contributed by atoms with van der Waals surface area (Å²) in [6.07, 6.45) is 1.41. The van der Waals surface area contributed by atoms with Crippen molar-refractivity contribution in [2.24, 2.45) is 0 Å². The minimum Gasteiger partial charge on any atom is -0.480 e. The van der Waals surface area contributed by atoms with Crippen molar-refractivity contribution in [2.75, 3.05) is 52.9 Å². The van der Waals surface area contributed by atoms with Crippen LogP contribution in [0.1, 0.15) is 0 Å². The Morgan fingerprint density at radius 1 is 0.727 bits per heavy atom. The molecule has 1 aliphatic heterocycles. The van der Waals surface area contributed by atoms with Crippen molar-refractivity contribution in [2.45, 2.75) is 0 Å². The normalized spacial score (nSPS) is 19.3. The van der Waals surface area contributed by atoms with Gasteiger partial charge in [-0.3, -0.25) is 29.2 Å². The number of hydrogen-bond acceptors (Lipinski definition) is 8. The molecule has 0 atom stereocenters. The van der Waals surface area contributed by atoms with Crippen molar-refractivity contribution < 1.29 is 29.4 Å². The van der Waals surface area contributed by atoms with E-state index in [0.29, 0.717) is 12.6 Å². The fourth-order valence-electron chi connectivity index (χ4n) is 2.33. The number of carboxylic acid groups (broad SMARTS) is 2. The van der Waals surface area contributed by atoms with Gasteiger partial charge in [-0.05, 0) is 0 Å². The zero-order valence-corrected chi connectivity index (χ0v) is 12.1. The molecule has 1 rings (SSSR count). The Balaban J connectivity index is 2.85. The predicted octanol–water partition coefficient (Wildman–Crippen LogP) is -2.39. The van der Waals surface area contributed by atoms with E-state index in [1.165, 1.54) is 9.80 Å². The van der Waals surface area contributed by atoms with E-state index in [1.807, 2.05) is 0 Å². The van der Waals surface area contributed by atoms with E-state index in [4.69, 9.17) is 10.2 Å². The van der Waals surface area contributed by atoms with Crippen LogP contribution in [0.2, 0.25) is 0 Å². The second-order valence-corrected chi connectivity index (χ2v) is 5.05. The molecule has 0 aromatic carbocycles. The van der Waals surface area contributed by atoms with Gasteiger partial charge in [0.2, 0.25) is 0 Å². The zero-order valence-electron chi connectivity index (χ0n) is 12.1. The van der Waals surface area contributed by atoms with Gasteiger partial charge in [-0.15, -0.1) is 0 Å². The number of nitrogens with zero attached hydrogens (tertiary/aromatic N) is 4. The fraction of sp³-hybridized carbons (Fsp3) is 0.667. The first-order valence-electron chi connectivity index (χ1n) is 6.65. The standard InChI is InChI=1S/C12H20N4O6/c17-3-1-13-7-14(2-4-18)9-16(6-12(21)22)10-15(8-13)5-11(19)20/h3-4H,1-2,5-10H2,(H,19,20)(H,21,22). The number of hydrogen-bond donors (Lipinski definition) is 2. The first-order valence-corrected chi connectivity index (χ1v) is 6.65. The summed E-state index contributed by atoms with van der Waals surface area (Å²) in [5.74, 6) is -2.07. The lowest BCUT2D eigenvalue weighted by molar-refractivity contribution is -0.143. The molecular formula is C12H20N4O6. The van der Waals surface area contributed by atoms with E-state index in [-0.39, 0.29) is 52.9 Å². The van der Waals surface area contributed by atoms with Crippen LogP contribution in [0.25, 0.3) is 0 Å². The molecular weight excluding hydrogens is 296 g/mol. The topological polar surface area (TPSA) is 122 Å². The van der Waals surface area contributed by atoms with E-state index < -0.39 is 11.9 Å². The van der Waals surface area contributed by atoms with Gasteiger partial charge in [-0.1, -0.05) is 0 Å². The Hall–Kier alpha value is -1.88. The predicted molar refractivity (Wildman–Crippen MR) is 73.7 cm³/mol. The van der Waals surface area contributed by atoms with E-state index in [1.54, 1.807) is 9.80 Å². The van der Waals surface area contributed by atoms with Crippen LogP contribution in [0.3, 0.4) is 0 Å². The van der Waals surface area contributed by atoms with Crippen molar-refractivity contribution in [1.82, 2.24) is 19.6 Å². The zero-order chi connectivity index (χ0) is 16.5. The van der Waals surface area contributed by atoms with E-state index >= 15 is 0 Å². The molecule has 22 heavy (non-hydrogen) atoms. The molecule has 10 heteroatoms. The van der Waals surface area contributed by atoms with Gasteiger partial charge in [0.1, 0.15) is 12.6 Å². The molecule has 0 aromatic heterocycles. The van der Waals surface area contributed by atoms with Crippen molar-refractivity contribution in [3.8, 4) is 0 Å². The molecule has 0 saturated carbocycles. The summed E-state index contributed by atoms with van der Waals surface area (Å²) in [4.78, 5) is 49.7. The van der Waals surface area contributed by atoms with Gasteiger partial charge < -0.3 is 19.8 Å². The minimum absolute atomic E-state index is 0.102. The fourth-order valence-corrected chi connectivity index (χ4v) is 2.33. The Morgan fingerprint density at radius 2 is 1.05 bits per heavy atom. The van der Waals surface area contributed by atoms with Crippen LogP contribution >= 0.6 is 0 Å². The second kappa shape index (κ2) is 9.20. The smallest absolute Gasteiger partial charge is 0.317 e. The van der Waals surface area contributed by atoms with Gasteiger partial charge in [0.25, 0.3) is 0 Å². The summed E-state index contributed by atoms with van der Waals surface area (Å²) >= 11 is 0. The molecule has 2 N–H and O–H groups in total. The van der Waals surface area contributed by atoms with Crippen LogP contribution in [-0.4, -0.2) is 107 Å². The first kappa shape index (κ1) is 18.2. The molecule has 1 fully saturated rings. The third kappa shape index (κ3) is 6.72. The highest BCUT2D eigenvalue weighted by molar-refractivity contribution is 5.69. The third-order valence-corrected chi connectivity index (χ3v) is 2.98. The van der Waals surface area contributed by atoms with Crippen molar-refractivity contribution in [1.29, 1.82) is 0 Å². The third-order valence-electron chi connectivity index (χ3n) is 2.98. The summed E-state index contributed by atoms with van der Waals surface area (Å²) in [6, 6.07) is 0. The molecule has 0 aliphatic carbocycles. The molecule has 124 valence electrons. The minimum atomic E-state index is -1.04.